The summed E-state index contributed by atoms with van der Waals surface area (Å²) in [6.45, 7) is 19.7. The third-order valence-corrected chi connectivity index (χ3v) is 9.86. The molecule has 0 spiro atoms. The molecule has 0 N–H and O–H groups in total. The van der Waals surface area contributed by atoms with E-state index in [1.807, 2.05) is 0 Å². The minimum atomic E-state index is -1.03. The molecule has 0 bridgehead atoms. The Bertz CT molecular complexity index is 243. The van der Waals surface area contributed by atoms with Crippen molar-refractivity contribution >= 4 is 16.1 Å². The number of rotatable bonds is 8. The molecule has 0 fully saturated rings. The van der Waals surface area contributed by atoms with Crippen LogP contribution in [0.25, 0.3) is 0 Å². The molecule has 18 heavy (non-hydrogen) atoms. The fourth-order valence-electron chi connectivity index (χ4n) is 2.02. The van der Waals surface area contributed by atoms with Crippen molar-refractivity contribution < 1.29 is 0 Å². The normalized spacial score (nSPS) is 17.1. The van der Waals surface area contributed by atoms with Gasteiger partial charge in [0.1, 0.15) is 0 Å². The van der Waals surface area contributed by atoms with Crippen LogP contribution in [0.15, 0.2) is 12.2 Å². The van der Waals surface area contributed by atoms with Crippen LogP contribution in [0, 0.1) is 0 Å². The summed E-state index contributed by atoms with van der Waals surface area (Å²) in [4.78, 5) is 0. The molecule has 108 valence electrons. The van der Waals surface area contributed by atoms with Gasteiger partial charge in [-0.15, -0.1) is 0 Å². The molecule has 0 heterocycles. The van der Waals surface area contributed by atoms with Crippen LogP contribution in [0.5, 0.6) is 0 Å². The molecule has 0 aliphatic heterocycles. The number of hydrogen-bond acceptors (Lipinski definition) is 0. The van der Waals surface area contributed by atoms with E-state index < -0.39 is 16.1 Å². The third kappa shape index (κ3) is 7.57. The molecule has 0 saturated carbocycles. The van der Waals surface area contributed by atoms with Gasteiger partial charge in [-0.05, 0) is 17.5 Å². The maximum absolute atomic E-state index is 2.59. The van der Waals surface area contributed by atoms with Gasteiger partial charge in [0.2, 0.25) is 0 Å². The van der Waals surface area contributed by atoms with Gasteiger partial charge in [0.05, 0.1) is 16.1 Å². The lowest BCUT2D eigenvalue weighted by Crippen LogP contribution is -2.28. The van der Waals surface area contributed by atoms with E-state index in [0.29, 0.717) is 0 Å². The Hall–Kier alpha value is 0.174. The topological polar surface area (TPSA) is 0 Å². The Morgan fingerprint density at radius 2 is 1.39 bits per heavy atom. The Balaban J connectivity index is 4.55. The first-order valence-electron chi connectivity index (χ1n) is 7.77. The van der Waals surface area contributed by atoms with Crippen LogP contribution < -0.4 is 0 Å². The summed E-state index contributed by atoms with van der Waals surface area (Å²) in [6.07, 6.45) is 10.7. The highest BCUT2D eigenvalue weighted by Crippen LogP contribution is 2.31. The summed E-state index contributed by atoms with van der Waals surface area (Å²) in [5, 5.41) is 0. The molecule has 0 saturated heterocycles. The van der Waals surface area contributed by atoms with Gasteiger partial charge < -0.3 is 0 Å². The van der Waals surface area contributed by atoms with E-state index in [0.717, 1.165) is 11.1 Å². The van der Waals surface area contributed by atoms with E-state index in [4.69, 9.17) is 0 Å². The van der Waals surface area contributed by atoms with Crippen LogP contribution in [0.2, 0.25) is 50.4 Å². The zero-order valence-corrected chi connectivity index (χ0v) is 16.1. The fraction of sp³-hybridized carbons (Fsp3) is 0.875. The van der Waals surface area contributed by atoms with Gasteiger partial charge >= 0.3 is 0 Å². The van der Waals surface area contributed by atoms with E-state index >= 15 is 0 Å². The van der Waals surface area contributed by atoms with Crippen molar-refractivity contribution in [1.82, 2.24) is 0 Å². The maximum atomic E-state index is 2.59. The van der Waals surface area contributed by atoms with Crippen LogP contribution in [-0.2, 0) is 0 Å². The van der Waals surface area contributed by atoms with Gasteiger partial charge in [-0.2, -0.15) is 0 Å². The largest absolute Gasteiger partial charge is 0.0884 e. The van der Waals surface area contributed by atoms with E-state index in [9.17, 15) is 0 Å². The molecule has 2 unspecified atom stereocenters. The van der Waals surface area contributed by atoms with Crippen LogP contribution in [0.3, 0.4) is 0 Å². The first kappa shape index (κ1) is 18.2. The second-order valence-electron chi connectivity index (χ2n) is 8.01. The maximum Gasteiger partial charge on any atom is 0.0513 e. The first-order chi connectivity index (χ1) is 8.09. The molecule has 0 radical (unpaired) electrons. The summed E-state index contributed by atoms with van der Waals surface area (Å²) in [5.74, 6) is 0. The molecule has 0 rings (SSSR count). The fourth-order valence-corrected chi connectivity index (χ4v) is 4.47. The molecule has 0 nitrogen and oxygen atoms in total. The molecule has 0 aliphatic rings. The lowest BCUT2D eigenvalue weighted by molar-refractivity contribution is 0.665. The van der Waals surface area contributed by atoms with Crippen molar-refractivity contribution in [2.75, 3.05) is 0 Å². The standard InChI is InChI=1S/C16H36Si2/c1-9-10-11-12-16(18(6,7)8)14-13-15(2)17(3,4)5/h13-16H,9-12H2,1-8H3/b14-13+. The molecule has 0 aromatic carbocycles. The third-order valence-electron chi connectivity index (χ3n) is 4.23. The summed E-state index contributed by atoms with van der Waals surface area (Å²) in [7, 11) is -2.03. The molecule has 2 heteroatoms. The van der Waals surface area contributed by atoms with Crippen molar-refractivity contribution in [2.45, 2.75) is 89.9 Å². The second-order valence-corrected chi connectivity index (χ2v) is 19.1. The van der Waals surface area contributed by atoms with Crippen LogP contribution in [0.4, 0.5) is 0 Å². The molecule has 2 atom stereocenters. The van der Waals surface area contributed by atoms with Crippen LogP contribution >= 0.6 is 0 Å². The monoisotopic (exact) mass is 284 g/mol. The van der Waals surface area contributed by atoms with Crippen LogP contribution in [0.1, 0.15) is 39.5 Å². The van der Waals surface area contributed by atoms with Crippen molar-refractivity contribution in [1.29, 1.82) is 0 Å². The van der Waals surface area contributed by atoms with Crippen molar-refractivity contribution in [3.05, 3.63) is 12.2 Å². The van der Waals surface area contributed by atoms with E-state index in [-0.39, 0.29) is 0 Å². The Morgan fingerprint density at radius 3 is 1.78 bits per heavy atom. The summed E-state index contributed by atoms with van der Waals surface area (Å²) < 4.78 is 0. The molecular weight excluding hydrogens is 248 g/mol. The van der Waals surface area contributed by atoms with Crippen molar-refractivity contribution in [2.24, 2.45) is 0 Å². The Labute approximate surface area is 118 Å². The average molecular weight is 285 g/mol. The second kappa shape index (κ2) is 7.69. The zero-order chi connectivity index (χ0) is 14.4. The highest BCUT2D eigenvalue weighted by Gasteiger charge is 2.25. The van der Waals surface area contributed by atoms with Crippen LogP contribution in [-0.4, -0.2) is 16.1 Å². The van der Waals surface area contributed by atoms with E-state index in [2.05, 4.69) is 65.3 Å². The van der Waals surface area contributed by atoms with Gasteiger partial charge in [0.15, 0.2) is 0 Å². The van der Waals surface area contributed by atoms with E-state index in [1.165, 1.54) is 25.7 Å². The highest BCUT2D eigenvalue weighted by molar-refractivity contribution is 6.78. The van der Waals surface area contributed by atoms with Gasteiger partial charge in [-0.3, -0.25) is 0 Å². The lowest BCUT2D eigenvalue weighted by atomic mass is 10.1. The molecular formula is C16H36Si2. The predicted molar refractivity (Wildman–Crippen MR) is 93.1 cm³/mol. The van der Waals surface area contributed by atoms with Crippen molar-refractivity contribution in [3.8, 4) is 0 Å². The molecule has 0 amide bonds. The quantitative estimate of drug-likeness (QED) is 0.269. The van der Waals surface area contributed by atoms with Gasteiger partial charge in [-0.25, -0.2) is 0 Å². The highest BCUT2D eigenvalue weighted by atomic mass is 28.3. The number of unbranched alkanes of at least 4 members (excludes halogenated alkanes) is 2. The summed E-state index contributed by atoms with van der Waals surface area (Å²) in [5.41, 5.74) is 1.69. The van der Waals surface area contributed by atoms with Gasteiger partial charge in [0.25, 0.3) is 0 Å². The Kier molecular flexibility index (Phi) is 7.76. The smallest absolute Gasteiger partial charge is 0.0513 e. The first-order valence-corrected chi connectivity index (χ1v) is 14.9. The average Bonchev–Trinajstić information content (AvgIpc) is 2.19. The lowest BCUT2D eigenvalue weighted by Gasteiger charge is -2.28. The summed E-state index contributed by atoms with van der Waals surface area (Å²) in [6, 6.07) is 0. The molecule has 0 aliphatic carbocycles. The zero-order valence-electron chi connectivity index (χ0n) is 14.1. The minimum Gasteiger partial charge on any atom is -0.0884 e. The van der Waals surface area contributed by atoms with E-state index in [1.54, 1.807) is 0 Å². The minimum absolute atomic E-state index is 0.808. The number of allylic oxidation sites excluding steroid dienone is 2. The Morgan fingerprint density at radius 1 is 0.833 bits per heavy atom. The van der Waals surface area contributed by atoms with Gasteiger partial charge in [-0.1, -0.05) is 84.5 Å². The number of hydrogen-bond donors (Lipinski definition) is 0. The van der Waals surface area contributed by atoms with Gasteiger partial charge in [0, 0.05) is 0 Å². The summed E-state index contributed by atoms with van der Waals surface area (Å²) >= 11 is 0. The molecule has 0 aromatic heterocycles. The molecule has 0 aromatic rings. The SMILES string of the molecule is CCCCCC(/C=C/C(C)[Si](C)(C)C)[Si](C)(C)C. The van der Waals surface area contributed by atoms with Crippen molar-refractivity contribution in [3.63, 3.8) is 0 Å². The predicted octanol–water partition coefficient (Wildman–Crippen LogP) is 6.56.